The molecule has 38 heavy (non-hydrogen) atoms. The molecule has 3 rings (SSSR count). The third kappa shape index (κ3) is 5.00. The molecule has 0 bridgehead atoms. The first-order valence-electron chi connectivity index (χ1n) is 13.3. The van der Waals surface area contributed by atoms with E-state index in [0.717, 1.165) is 11.3 Å². The number of halogens is 4. The molecule has 2 aromatic carbocycles. The Hall–Kier alpha value is -1.66. The second kappa shape index (κ2) is 12.2. The van der Waals surface area contributed by atoms with Crippen LogP contribution < -0.4 is 0 Å². The van der Waals surface area contributed by atoms with Gasteiger partial charge in [-0.25, -0.2) is 8.78 Å². The number of benzene rings is 2. The van der Waals surface area contributed by atoms with Gasteiger partial charge < -0.3 is 14.4 Å². The SMILES string of the molecule is COCCC1=C(C)N(C(C)C)C(C)(C(C)C)C(CCOC)C1(c1cc(Cl)ccc1Cl)c1c(F)cccc1F. The van der Waals surface area contributed by atoms with E-state index in [4.69, 9.17) is 32.7 Å². The molecule has 1 aliphatic rings. The van der Waals surface area contributed by atoms with Gasteiger partial charge in [0.2, 0.25) is 0 Å². The average molecular weight is 569 g/mol. The van der Waals surface area contributed by atoms with Crippen molar-refractivity contribution in [2.45, 2.75) is 71.4 Å². The summed E-state index contributed by atoms with van der Waals surface area (Å²) in [6, 6.07) is 9.40. The molecule has 1 aliphatic heterocycles. The number of ether oxygens (including phenoxy) is 2. The number of hydrogen-bond donors (Lipinski definition) is 0. The summed E-state index contributed by atoms with van der Waals surface area (Å²) in [5, 5.41) is 0.860. The van der Waals surface area contributed by atoms with Gasteiger partial charge in [0.15, 0.2) is 0 Å². The molecule has 0 radical (unpaired) electrons. The van der Waals surface area contributed by atoms with Crippen LogP contribution in [-0.4, -0.2) is 43.9 Å². The number of hydrogen-bond acceptors (Lipinski definition) is 3. The highest BCUT2D eigenvalue weighted by Crippen LogP contribution is 2.62. The van der Waals surface area contributed by atoms with Gasteiger partial charge in [-0.3, -0.25) is 0 Å². The van der Waals surface area contributed by atoms with Crippen molar-refractivity contribution in [1.29, 1.82) is 0 Å². The summed E-state index contributed by atoms with van der Waals surface area (Å²) in [5.74, 6) is -1.46. The molecule has 3 atom stereocenters. The first-order chi connectivity index (χ1) is 17.9. The lowest BCUT2D eigenvalue weighted by Gasteiger charge is -2.64. The number of methoxy groups -OCH3 is 2. The van der Waals surface area contributed by atoms with Crippen molar-refractivity contribution in [2.24, 2.45) is 11.8 Å². The van der Waals surface area contributed by atoms with E-state index in [1.165, 1.54) is 18.2 Å². The summed E-state index contributed by atoms with van der Waals surface area (Å²) in [6.45, 7) is 13.7. The molecule has 2 aromatic rings. The predicted molar refractivity (Wildman–Crippen MR) is 153 cm³/mol. The highest BCUT2D eigenvalue weighted by molar-refractivity contribution is 6.33. The minimum absolute atomic E-state index is 0.00833. The zero-order chi connectivity index (χ0) is 28.4. The Morgan fingerprint density at radius 1 is 0.974 bits per heavy atom. The zero-order valence-corrected chi connectivity index (χ0v) is 25.3. The average Bonchev–Trinajstić information content (AvgIpc) is 2.84. The molecular weight excluding hydrogens is 527 g/mol. The fourth-order valence-corrected chi connectivity index (χ4v) is 7.48. The highest BCUT2D eigenvalue weighted by Gasteiger charge is 2.61. The normalized spacial score (nSPS) is 24.2. The first kappa shape index (κ1) is 30.9. The Morgan fingerprint density at radius 2 is 1.58 bits per heavy atom. The van der Waals surface area contributed by atoms with Gasteiger partial charge in [0.25, 0.3) is 0 Å². The summed E-state index contributed by atoms with van der Waals surface area (Å²) < 4.78 is 43.6. The Kier molecular flexibility index (Phi) is 9.95. The van der Waals surface area contributed by atoms with Crippen molar-refractivity contribution in [1.82, 2.24) is 4.90 Å². The minimum Gasteiger partial charge on any atom is -0.385 e. The summed E-state index contributed by atoms with van der Waals surface area (Å²) in [7, 11) is 3.29. The maximum absolute atomic E-state index is 16.2. The molecule has 0 amide bonds. The van der Waals surface area contributed by atoms with E-state index < -0.39 is 22.6 Å². The van der Waals surface area contributed by atoms with Crippen LogP contribution in [0.3, 0.4) is 0 Å². The van der Waals surface area contributed by atoms with Crippen LogP contribution in [0.5, 0.6) is 0 Å². The van der Waals surface area contributed by atoms with Crippen molar-refractivity contribution in [3.05, 3.63) is 80.5 Å². The summed E-state index contributed by atoms with van der Waals surface area (Å²) >= 11 is 13.6. The third-order valence-electron chi connectivity index (χ3n) is 8.58. The quantitative estimate of drug-likeness (QED) is 0.286. The van der Waals surface area contributed by atoms with E-state index >= 15 is 8.78 Å². The molecule has 0 saturated heterocycles. The van der Waals surface area contributed by atoms with Gasteiger partial charge in [-0.2, -0.15) is 0 Å². The third-order valence-corrected chi connectivity index (χ3v) is 9.15. The number of allylic oxidation sites excluding steroid dienone is 1. The number of rotatable bonds is 10. The fraction of sp³-hybridized carbons (Fsp3) is 0.548. The van der Waals surface area contributed by atoms with Gasteiger partial charge in [-0.05, 0) is 87.9 Å². The molecule has 0 aromatic heterocycles. The van der Waals surface area contributed by atoms with Gasteiger partial charge in [0.1, 0.15) is 11.6 Å². The van der Waals surface area contributed by atoms with Crippen molar-refractivity contribution in [3.63, 3.8) is 0 Å². The molecular formula is C31H41Cl2F2NO2. The standard InChI is InChI=1S/C31H41Cl2F2NO2/c1-19(2)30(6)28(15-17-38-8)31(24-18-22(32)12-13-25(24)33,29-26(34)10-9-11-27(29)35)23(14-16-37-7)21(5)36(30)20(3)4/h9-13,18-20,28H,14-17H2,1-8H3. The predicted octanol–water partition coefficient (Wildman–Crippen LogP) is 8.66. The summed E-state index contributed by atoms with van der Waals surface area (Å²) in [5.41, 5.74) is 0.626. The van der Waals surface area contributed by atoms with Gasteiger partial charge >= 0.3 is 0 Å². The van der Waals surface area contributed by atoms with E-state index in [0.29, 0.717) is 41.7 Å². The second-order valence-corrected chi connectivity index (χ2v) is 11.9. The minimum atomic E-state index is -1.27. The van der Waals surface area contributed by atoms with Gasteiger partial charge in [-0.15, -0.1) is 0 Å². The molecule has 7 heteroatoms. The summed E-state index contributed by atoms with van der Waals surface area (Å²) in [4.78, 5) is 2.43. The molecule has 0 N–H and O–H groups in total. The summed E-state index contributed by atoms with van der Waals surface area (Å²) in [6.07, 6.45) is 0.995. The number of nitrogens with zero attached hydrogens (tertiary/aromatic N) is 1. The van der Waals surface area contributed by atoms with E-state index in [2.05, 4.69) is 46.4 Å². The van der Waals surface area contributed by atoms with Crippen molar-refractivity contribution in [3.8, 4) is 0 Å². The van der Waals surface area contributed by atoms with E-state index in [1.54, 1.807) is 32.4 Å². The molecule has 0 fully saturated rings. The maximum atomic E-state index is 16.2. The van der Waals surface area contributed by atoms with Crippen LogP contribution in [0, 0.1) is 23.5 Å². The van der Waals surface area contributed by atoms with E-state index in [1.807, 2.05) is 0 Å². The largest absolute Gasteiger partial charge is 0.385 e. The monoisotopic (exact) mass is 567 g/mol. The van der Waals surface area contributed by atoms with Crippen molar-refractivity contribution in [2.75, 3.05) is 27.4 Å². The Bertz CT molecular complexity index is 1150. The first-order valence-corrected chi connectivity index (χ1v) is 14.0. The van der Waals surface area contributed by atoms with Crippen LogP contribution in [0.15, 0.2) is 47.7 Å². The van der Waals surface area contributed by atoms with Crippen LogP contribution in [0.4, 0.5) is 8.78 Å². The van der Waals surface area contributed by atoms with Crippen molar-refractivity contribution >= 4 is 23.2 Å². The molecule has 210 valence electrons. The zero-order valence-electron chi connectivity index (χ0n) is 23.8. The highest BCUT2D eigenvalue weighted by atomic mass is 35.5. The van der Waals surface area contributed by atoms with Crippen LogP contribution in [0.2, 0.25) is 10.0 Å². The molecule has 0 aliphatic carbocycles. The smallest absolute Gasteiger partial charge is 0.130 e. The van der Waals surface area contributed by atoms with E-state index in [-0.39, 0.29) is 23.4 Å². The maximum Gasteiger partial charge on any atom is 0.130 e. The Labute approximate surface area is 237 Å². The van der Waals surface area contributed by atoms with Crippen LogP contribution in [0.1, 0.15) is 65.5 Å². The Morgan fingerprint density at radius 3 is 2.11 bits per heavy atom. The van der Waals surface area contributed by atoms with E-state index in [9.17, 15) is 0 Å². The lowest BCUT2D eigenvalue weighted by Crippen LogP contribution is -2.67. The van der Waals surface area contributed by atoms with Crippen LogP contribution in [-0.2, 0) is 14.9 Å². The molecule has 3 nitrogen and oxygen atoms in total. The topological polar surface area (TPSA) is 21.7 Å². The van der Waals surface area contributed by atoms with Gasteiger partial charge in [0.05, 0.1) is 12.0 Å². The van der Waals surface area contributed by atoms with Gasteiger partial charge in [-0.1, -0.05) is 43.1 Å². The fourth-order valence-electron chi connectivity index (χ4n) is 7.04. The molecule has 3 unspecified atom stereocenters. The van der Waals surface area contributed by atoms with Crippen LogP contribution >= 0.6 is 23.2 Å². The molecule has 0 spiro atoms. The Balaban J connectivity index is 2.71. The lowest BCUT2D eigenvalue weighted by atomic mass is 9.50. The molecule has 1 heterocycles. The van der Waals surface area contributed by atoms with Gasteiger partial charge in [0, 0.05) is 59.6 Å². The van der Waals surface area contributed by atoms with Crippen molar-refractivity contribution < 1.29 is 18.3 Å². The molecule has 0 saturated carbocycles. The van der Waals surface area contributed by atoms with Crippen LogP contribution in [0.25, 0.3) is 0 Å². The lowest BCUT2D eigenvalue weighted by molar-refractivity contribution is -0.0413. The second-order valence-electron chi connectivity index (χ2n) is 11.0.